The van der Waals surface area contributed by atoms with Crippen LogP contribution in [0.4, 0.5) is 0 Å². The van der Waals surface area contributed by atoms with Crippen molar-refractivity contribution in [3.63, 3.8) is 0 Å². The maximum Gasteiger partial charge on any atom is 0.141 e. The fraction of sp³-hybridized carbons (Fsp3) is 0.375. The van der Waals surface area contributed by atoms with E-state index >= 15 is 0 Å². The van der Waals surface area contributed by atoms with Crippen LogP contribution in [0.15, 0.2) is 31.0 Å². The van der Waals surface area contributed by atoms with Gasteiger partial charge in [0.05, 0.1) is 24.0 Å². The molecule has 3 heterocycles. The molecule has 0 radical (unpaired) electrons. The lowest BCUT2D eigenvalue weighted by molar-refractivity contribution is 0.419. The van der Waals surface area contributed by atoms with E-state index in [1.165, 1.54) is 6.33 Å². The Labute approximate surface area is 142 Å². The number of aromatic nitrogens is 5. The van der Waals surface area contributed by atoms with Crippen molar-refractivity contribution in [2.75, 3.05) is 12.0 Å². The number of rotatable bonds is 7. The molecular weight excluding hydrogens is 324 g/mol. The van der Waals surface area contributed by atoms with E-state index in [9.17, 15) is 4.21 Å². The Balaban J connectivity index is 1.88. The molecule has 0 amide bonds. The van der Waals surface area contributed by atoms with E-state index in [1.54, 1.807) is 12.5 Å². The van der Waals surface area contributed by atoms with Gasteiger partial charge < -0.3 is 4.98 Å². The fourth-order valence-corrected chi connectivity index (χ4v) is 3.31. The zero-order valence-electron chi connectivity index (χ0n) is 13.3. The quantitative estimate of drug-likeness (QED) is 0.711. The molecule has 0 fully saturated rings. The predicted molar refractivity (Wildman–Crippen MR) is 92.5 cm³/mol. The Morgan fingerprint density at radius 1 is 1.42 bits per heavy atom. The maximum absolute atomic E-state index is 11.4. The zero-order valence-corrected chi connectivity index (χ0v) is 14.2. The normalized spacial score (nSPS) is 13.7. The van der Waals surface area contributed by atoms with Crippen LogP contribution in [0.3, 0.4) is 0 Å². The average Bonchev–Trinajstić information content (AvgIpc) is 3.23. The van der Waals surface area contributed by atoms with E-state index in [0.717, 1.165) is 28.7 Å². The molecule has 2 atom stereocenters. The van der Waals surface area contributed by atoms with Crippen molar-refractivity contribution in [1.82, 2.24) is 24.7 Å². The molecule has 8 heteroatoms. The van der Waals surface area contributed by atoms with E-state index in [-0.39, 0.29) is 6.04 Å². The summed E-state index contributed by atoms with van der Waals surface area (Å²) in [6, 6.07) is 4.17. The van der Waals surface area contributed by atoms with Crippen LogP contribution in [-0.2, 0) is 10.8 Å². The average molecular weight is 342 g/mol. The summed E-state index contributed by atoms with van der Waals surface area (Å²) in [5, 5.41) is 14.3. The number of nitriles is 1. The molecule has 3 rings (SSSR count). The van der Waals surface area contributed by atoms with Gasteiger partial charge in [-0.1, -0.05) is 0 Å². The van der Waals surface area contributed by atoms with Gasteiger partial charge >= 0.3 is 0 Å². The maximum atomic E-state index is 11.4. The summed E-state index contributed by atoms with van der Waals surface area (Å²) in [6.45, 7) is 0. The van der Waals surface area contributed by atoms with Crippen LogP contribution in [0, 0.1) is 11.3 Å². The monoisotopic (exact) mass is 342 g/mol. The Morgan fingerprint density at radius 3 is 3.08 bits per heavy atom. The molecule has 7 nitrogen and oxygen atoms in total. The Hall–Kier alpha value is -2.53. The van der Waals surface area contributed by atoms with Crippen LogP contribution < -0.4 is 0 Å². The lowest BCUT2D eigenvalue weighted by Crippen LogP contribution is -2.12. The highest BCUT2D eigenvalue weighted by Gasteiger charge is 2.15. The van der Waals surface area contributed by atoms with E-state index in [1.807, 2.05) is 23.1 Å². The molecule has 0 saturated carbocycles. The molecule has 124 valence electrons. The van der Waals surface area contributed by atoms with Crippen molar-refractivity contribution in [3.8, 4) is 17.3 Å². The van der Waals surface area contributed by atoms with Crippen molar-refractivity contribution >= 4 is 21.8 Å². The molecule has 0 bridgehead atoms. The van der Waals surface area contributed by atoms with Gasteiger partial charge in [0.15, 0.2) is 0 Å². The number of fused-ring (bicyclic) bond motifs is 1. The second-order valence-electron chi connectivity index (χ2n) is 5.59. The molecule has 0 aliphatic rings. The van der Waals surface area contributed by atoms with E-state index in [4.69, 9.17) is 5.26 Å². The summed E-state index contributed by atoms with van der Waals surface area (Å²) in [5.41, 5.74) is 2.52. The third-order valence-electron chi connectivity index (χ3n) is 3.93. The third kappa shape index (κ3) is 3.51. The summed E-state index contributed by atoms with van der Waals surface area (Å²) in [7, 11) is -0.857. The van der Waals surface area contributed by atoms with Gasteiger partial charge in [-0.15, -0.1) is 0 Å². The highest BCUT2D eigenvalue weighted by atomic mass is 32.2. The number of H-pyrrole nitrogens is 1. The van der Waals surface area contributed by atoms with Crippen molar-refractivity contribution in [2.24, 2.45) is 0 Å². The van der Waals surface area contributed by atoms with Crippen LogP contribution in [0.2, 0.25) is 0 Å². The number of nitrogens with zero attached hydrogens (tertiary/aromatic N) is 5. The molecule has 1 N–H and O–H groups in total. The minimum atomic E-state index is -0.857. The Kier molecular flexibility index (Phi) is 5.01. The van der Waals surface area contributed by atoms with Crippen molar-refractivity contribution in [3.05, 3.63) is 31.0 Å². The molecule has 0 aromatic carbocycles. The van der Waals surface area contributed by atoms with Gasteiger partial charge in [-0.25, -0.2) is 9.97 Å². The van der Waals surface area contributed by atoms with Crippen molar-refractivity contribution < 1.29 is 4.21 Å². The van der Waals surface area contributed by atoms with Gasteiger partial charge in [-0.05, 0) is 18.9 Å². The first-order chi connectivity index (χ1) is 11.7. The molecule has 24 heavy (non-hydrogen) atoms. The van der Waals surface area contributed by atoms with Gasteiger partial charge in [0.25, 0.3) is 0 Å². The smallest absolute Gasteiger partial charge is 0.141 e. The second-order valence-corrected chi connectivity index (χ2v) is 7.14. The Bertz CT molecular complexity index is 893. The van der Waals surface area contributed by atoms with E-state index < -0.39 is 10.8 Å². The molecule has 0 aliphatic heterocycles. The van der Waals surface area contributed by atoms with Gasteiger partial charge in [0.1, 0.15) is 12.0 Å². The highest BCUT2D eigenvalue weighted by molar-refractivity contribution is 7.84. The highest BCUT2D eigenvalue weighted by Crippen LogP contribution is 2.26. The lowest BCUT2D eigenvalue weighted by atomic mass is 10.1. The first-order valence-corrected chi connectivity index (χ1v) is 9.41. The molecule has 0 saturated heterocycles. The van der Waals surface area contributed by atoms with Crippen molar-refractivity contribution in [1.29, 1.82) is 5.26 Å². The second kappa shape index (κ2) is 7.36. The van der Waals surface area contributed by atoms with Crippen LogP contribution in [0.5, 0.6) is 0 Å². The third-order valence-corrected chi connectivity index (χ3v) is 4.74. The lowest BCUT2D eigenvalue weighted by Gasteiger charge is -2.15. The number of hydrogen-bond donors (Lipinski definition) is 1. The predicted octanol–water partition coefficient (Wildman–Crippen LogP) is 2.43. The minimum Gasteiger partial charge on any atom is -0.346 e. The Morgan fingerprint density at radius 2 is 2.29 bits per heavy atom. The molecular formula is C16H18N6OS. The summed E-state index contributed by atoms with van der Waals surface area (Å²) in [4.78, 5) is 11.6. The summed E-state index contributed by atoms with van der Waals surface area (Å²) in [5.74, 6) is 0.598. The molecule has 0 spiro atoms. The van der Waals surface area contributed by atoms with Crippen LogP contribution in [-0.4, -0.2) is 40.9 Å². The molecule has 3 aromatic rings. The summed E-state index contributed by atoms with van der Waals surface area (Å²) in [6.07, 6.45) is 10.6. The van der Waals surface area contributed by atoms with Crippen LogP contribution >= 0.6 is 0 Å². The van der Waals surface area contributed by atoms with Gasteiger partial charge in [-0.3, -0.25) is 8.89 Å². The van der Waals surface area contributed by atoms with Gasteiger partial charge in [-0.2, -0.15) is 10.4 Å². The minimum absolute atomic E-state index is 0.0610. The van der Waals surface area contributed by atoms with E-state index in [2.05, 4.69) is 26.1 Å². The largest absolute Gasteiger partial charge is 0.346 e. The summed E-state index contributed by atoms with van der Waals surface area (Å²) < 4.78 is 13.3. The standard InChI is InChI=1S/C16H18N6OS/c1-24(23)8-5-13(3-2-6-17)22-10-12(9-21-22)15-14-4-7-18-16(14)20-11-19-15/h4,7,9-11,13H,2-3,5,8H2,1H3,(H,18,19,20). The summed E-state index contributed by atoms with van der Waals surface area (Å²) >= 11 is 0. The number of hydrogen-bond acceptors (Lipinski definition) is 5. The first-order valence-electron chi connectivity index (χ1n) is 7.68. The van der Waals surface area contributed by atoms with E-state index in [0.29, 0.717) is 18.6 Å². The van der Waals surface area contributed by atoms with Gasteiger partial charge in [0, 0.05) is 52.6 Å². The number of aromatic amines is 1. The fourth-order valence-electron chi connectivity index (χ4n) is 2.70. The van der Waals surface area contributed by atoms with Crippen LogP contribution in [0.1, 0.15) is 25.3 Å². The number of nitrogens with one attached hydrogen (secondary N) is 1. The van der Waals surface area contributed by atoms with Gasteiger partial charge in [0.2, 0.25) is 0 Å². The van der Waals surface area contributed by atoms with Crippen LogP contribution in [0.25, 0.3) is 22.3 Å². The molecule has 0 aliphatic carbocycles. The SMILES string of the molecule is CS(=O)CCC(CCC#N)n1cc(-c2ncnc3[nH]ccc23)cn1. The topological polar surface area (TPSA) is 100 Å². The zero-order chi connectivity index (χ0) is 16.9. The molecule has 2 unspecified atom stereocenters. The molecule has 3 aromatic heterocycles. The van der Waals surface area contributed by atoms with Crippen molar-refractivity contribution in [2.45, 2.75) is 25.3 Å². The first kappa shape index (κ1) is 16.3.